The van der Waals surface area contributed by atoms with Crippen molar-refractivity contribution in [2.45, 2.75) is 6.61 Å². The van der Waals surface area contributed by atoms with Crippen LogP contribution in [0.5, 0.6) is 5.75 Å². The highest BCUT2D eigenvalue weighted by Gasteiger charge is 2.09. The van der Waals surface area contributed by atoms with Crippen molar-refractivity contribution < 1.29 is 14.3 Å². The second-order valence-corrected chi connectivity index (χ2v) is 7.03. The van der Waals surface area contributed by atoms with Crippen molar-refractivity contribution in [3.05, 3.63) is 131 Å². The zero-order chi connectivity index (χ0) is 21.5. The van der Waals surface area contributed by atoms with Crippen molar-refractivity contribution in [2.24, 2.45) is 0 Å². The van der Waals surface area contributed by atoms with E-state index in [0.29, 0.717) is 29.0 Å². The summed E-state index contributed by atoms with van der Waals surface area (Å²) >= 11 is 0. The fourth-order valence-electron chi connectivity index (χ4n) is 3.10. The van der Waals surface area contributed by atoms with Gasteiger partial charge in [-0.3, -0.25) is 9.59 Å². The largest absolute Gasteiger partial charge is 0.489 e. The fourth-order valence-corrected chi connectivity index (χ4v) is 3.10. The first-order valence-electron chi connectivity index (χ1n) is 9.97. The zero-order valence-electron chi connectivity index (χ0n) is 16.8. The van der Waals surface area contributed by atoms with Crippen molar-refractivity contribution >= 4 is 17.4 Å². The van der Waals surface area contributed by atoms with Gasteiger partial charge < -0.3 is 10.1 Å². The van der Waals surface area contributed by atoms with Crippen LogP contribution in [0.3, 0.4) is 0 Å². The number of carbonyl (C=O) groups is 2. The minimum absolute atomic E-state index is 0.0171. The average molecular weight is 407 g/mol. The number of ether oxygens (including phenoxy) is 1. The highest BCUT2D eigenvalue weighted by Crippen LogP contribution is 2.17. The number of hydrogen-bond acceptors (Lipinski definition) is 3. The minimum Gasteiger partial charge on any atom is -0.489 e. The van der Waals surface area contributed by atoms with Crippen LogP contribution >= 0.6 is 0 Å². The van der Waals surface area contributed by atoms with E-state index in [1.807, 2.05) is 60.7 Å². The lowest BCUT2D eigenvalue weighted by molar-refractivity contribution is 0.102. The summed E-state index contributed by atoms with van der Waals surface area (Å²) in [7, 11) is 0. The Labute approximate surface area is 181 Å². The maximum atomic E-state index is 12.5. The fraction of sp³-hybridized carbons (Fsp3) is 0.0370. The molecule has 0 radical (unpaired) electrons. The Kier molecular flexibility index (Phi) is 6.19. The number of carbonyl (C=O) groups excluding carboxylic acids is 2. The summed E-state index contributed by atoms with van der Waals surface area (Å²) < 4.78 is 5.82. The number of ketones is 1. The number of benzene rings is 4. The molecule has 0 fully saturated rings. The molecule has 4 rings (SSSR count). The highest BCUT2D eigenvalue weighted by molar-refractivity contribution is 6.09. The molecule has 4 heteroatoms. The van der Waals surface area contributed by atoms with Gasteiger partial charge in [0.25, 0.3) is 5.91 Å². The smallest absolute Gasteiger partial charge is 0.255 e. The topological polar surface area (TPSA) is 55.4 Å². The Morgan fingerprint density at radius 1 is 0.613 bits per heavy atom. The van der Waals surface area contributed by atoms with Crippen LogP contribution in [-0.4, -0.2) is 11.7 Å². The molecule has 0 heterocycles. The van der Waals surface area contributed by atoms with E-state index in [9.17, 15) is 9.59 Å². The van der Waals surface area contributed by atoms with Gasteiger partial charge in [-0.05, 0) is 54.1 Å². The molecule has 0 bridgehead atoms. The molecular weight excluding hydrogens is 386 g/mol. The second kappa shape index (κ2) is 9.55. The van der Waals surface area contributed by atoms with E-state index in [4.69, 9.17) is 4.74 Å². The van der Waals surface area contributed by atoms with E-state index in [2.05, 4.69) is 5.32 Å². The Morgan fingerprint density at radius 2 is 1.16 bits per heavy atom. The maximum absolute atomic E-state index is 12.5. The van der Waals surface area contributed by atoms with Gasteiger partial charge >= 0.3 is 0 Å². The van der Waals surface area contributed by atoms with Gasteiger partial charge in [0.1, 0.15) is 12.4 Å². The molecule has 0 aliphatic heterocycles. The number of amides is 1. The molecule has 0 aliphatic rings. The molecule has 0 saturated carbocycles. The van der Waals surface area contributed by atoms with Crippen LogP contribution in [0, 0.1) is 0 Å². The first-order chi connectivity index (χ1) is 15.2. The first kappa shape index (κ1) is 20.1. The van der Waals surface area contributed by atoms with E-state index < -0.39 is 0 Å². The zero-order valence-corrected chi connectivity index (χ0v) is 16.8. The Balaban J connectivity index is 1.33. The Hall–Kier alpha value is -4.18. The normalized spacial score (nSPS) is 10.3. The van der Waals surface area contributed by atoms with Gasteiger partial charge in [-0.1, -0.05) is 60.7 Å². The van der Waals surface area contributed by atoms with E-state index in [0.717, 1.165) is 11.3 Å². The van der Waals surface area contributed by atoms with E-state index in [1.54, 1.807) is 48.5 Å². The molecule has 1 N–H and O–H groups in total. The predicted octanol–water partition coefficient (Wildman–Crippen LogP) is 5.75. The molecule has 0 aliphatic carbocycles. The molecule has 4 aromatic carbocycles. The van der Waals surface area contributed by atoms with Crippen LogP contribution in [0.4, 0.5) is 5.69 Å². The second-order valence-electron chi connectivity index (χ2n) is 7.03. The summed E-state index contributed by atoms with van der Waals surface area (Å²) in [5.41, 5.74) is 3.56. The minimum atomic E-state index is -0.155. The molecule has 1 amide bonds. The van der Waals surface area contributed by atoms with Gasteiger partial charge in [0, 0.05) is 22.4 Å². The van der Waals surface area contributed by atoms with Crippen LogP contribution in [-0.2, 0) is 6.61 Å². The number of rotatable bonds is 7. The SMILES string of the molecule is O=C(Nc1ccccc1)c1ccc(COc2ccc(C(=O)c3ccccc3)cc2)cc1. The van der Waals surface area contributed by atoms with Crippen molar-refractivity contribution in [2.75, 3.05) is 5.32 Å². The van der Waals surface area contributed by atoms with E-state index >= 15 is 0 Å². The van der Waals surface area contributed by atoms with Gasteiger partial charge in [0.15, 0.2) is 5.78 Å². The third-order valence-electron chi connectivity index (χ3n) is 4.81. The van der Waals surface area contributed by atoms with Crippen LogP contribution in [0.25, 0.3) is 0 Å². The van der Waals surface area contributed by atoms with Crippen LogP contribution in [0.2, 0.25) is 0 Å². The predicted molar refractivity (Wildman–Crippen MR) is 121 cm³/mol. The summed E-state index contributed by atoms with van der Waals surface area (Å²) in [5, 5.41) is 2.86. The Morgan fingerprint density at radius 3 is 1.81 bits per heavy atom. The Bertz CT molecular complexity index is 1150. The molecular formula is C27H21NO3. The van der Waals surface area contributed by atoms with Crippen molar-refractivity contribution in [3.8, 4) is 5.75 Å². The van der Waals surface area contributed by atoms with Crippen LogP contribution in [0.1, 0.15) is 31.8 Å². The van der Waals surface area contributed by atoms with Crippen LogP contribution < -0.4 is 10.1 Å². The summed E-state index contributed by atoms with van der Waals surface area (Å²) in [4.78, 5) is 24.8. The molecule has 0 aromatic heterocycles. The molecule has 4 nitrogen and oxygen atoms in total. The third kappa shape index (κ3) is 5.25. The lowest BCUT2D eigenvalue weighted by Gasteiger charge is -2.09. The van der Waals surface area contributed by atoms with Crippen molar-refractivity contribution in [1.82, 2.24) is 0 Å². The highest BCUT2D eigenvalue weighted by atomic mass is 16.5. The van der Waals surface area contributed by atoms with Crippen LogP contribution in [0.15, 0.2) is 109 Å². The quantitative estimate of drug-likeness (QED) is 0.397. The third-order valence-corrected chi connectivity index (χ3v) is 4.81. The summed E-state index contributed by atoms with van der Waals surface area (Å²) in [6, 6.07) is 32.9. The van der Waals surface area contributed by atoms with E-state index in [1.165, 1.54) is 0 Å². The summed E-state index contributed by atoms with van der Waals surface area (Å²) in [6.45, 7) is 0.368. The molecule has 0 saturated heterocycles. The number of hydrogen-bond donors (Lipinski definition) is 1. The molecule has 4 aromatic rings. The molecule has 0 spiro atoms. The molecule has 0 atom stereocenters. The lowest BCUT2D eigenvalue weighted by Crippen LogP contribution is -2.11. The summed E-state index contributed by atoms with van der Waals surface area (Å²) in [5.74, 6) is 0.504. The van der Waals surface area contributed by atoms with Gasteiger partial charge in [0.05, 0.1) is 0 Å². The summed E-state index contributed by atoms with van der Waals surface area (Å²) in [6.07, 6.45) is 0. The van der Waals surface area contributed by atoms with Crippen molar-refractivity contribution in [3.63, 3.8) is 0 Å². The first-order valence-corrected chi connectivity index (χ1v) is 9.97. The monoisotopic (exact) mass is 407 g/mol. The number of para-hydroxylation sites is 1. The average Bonchev–Trinajstić information content (AvgIpc) is 2.84. The maximum Gasteiger partial charge on any atom is 0.255 e. The number of nitrogens with one attached hydrogen (secondary N) is 1. The van der Waals surface area contributed by atoms with E-state index in [-0.39, 0.29) is 11.7 Å². The van der Waals surface area contributed by atoms with Gasteiger partial charge in [0.2, 0.25) is 0 Å². The lowest BCUT2D eigenvalue weighted by atomic mass is 10.0. The number of anilines is 1. The van der Waals surface area contributed by atoms with Crippen molar-refractivity contribution in [1.29, 1.82) is 0 Å². The van der Waals surface area contributed by atoms with Gasteiger partial charge in [-0.25, -0.2) is 0 Å². The van der Waals surface area contributed by atoms with Gasteiger partial charge in [-0.2, -0.15) is 0 Å². The van der Waals surface area contributed by atoms with Gasteiger partial charge in [-0.15, -0.1) is 0 Å². The molecule has 31 heavy (non-hydrogen) atoms. The standard InChI is InChI=1S/C27H21NO3/c29-26(21-7-3-1-4-8-21)22-15-17-25(18-16-22)31-19-20-11-13-23(14-12-20)27(30)28-24-9-5-2-6-10-24/h1-18H,19H2,(H,28,30). The molecule has 0 unspecified atom stereocenters. The molecule has 152 valence electrons.